The quantitative estimate of drug-likeness (QED) is 0.426. The summed E-state index contributed by atoms with van der Waals surface area (Å²) in [6.07, 6.45) is -0.743. The number of aromatic nitrogens is 3. The first kappa shape index (κ1) is 17.9. The number of halogens is 1. The van der Waals surface area contributed by atoms with Crippen LogP contribution < -0.4 is 0 Å². The molecule has 0 aliphatic carbocycles. The Kier molecular flexibility index (Phi) is 5.31. The SMILES string of the molecule is OC(c1ccccc1)C(c1ccccc1)n1nnc(-c2ccccc2)c1I. The highest BCUT2D eigenvalue weighted by molar-refractivity contribution is 14.1. The monoisotopic (exact) mass is 467 g/mol. The van der Waals surface area contributed by atoms with E-state index in [4.69, 9.17) is 0 Å². The molecule has 4 nitrogen and oxygen atoms in total. The lowest BCUT2D eigenvalue weighted by Crippen LogP contribution is -2.21. The summed E-state index contributed by atoms with van der Waals surface area (Å²) in [4.78, 5) is 0. The Morgan fingerprint density at radius 1 is 0.741 bits per heavy atom. The van der Waals surface area contributed by atoms with Gasteiger partial charge in [-0.05, 0) is 33.7 Å². The molecular formula is C22H18IN3O. The summed E-state index contributed by atoms with van der Waals surface area (Å²) in [5, 5.41) is 20.0. The Morgan fingerprint density at radius 2 is 1.26 bits per heavy atom. The molecule has 3 aromatic carbocycles. The van der Waals surface area contributed by atoms with Crippen molar-refractivity contribution in [3.63, 3.8) is 0 Å². The van der Waals surface area contributed by atoms with E-state index in [2.05, 4.69) is 32.9 Å². The van der Waals surface area contributed by atoms with Gasteiger partial charge in [-0.1, -0.05) is 96.2 Å². The lowest BCUT2D eigenvalue weighted by Gasteiger charge is -2.24. The van der Waals surface area contributed by atoms with E-state index in [-0.39, 0.29) is 6.04 Å². The Labute approximate surface area is 171 Å². The second kappa shape index (κ2) is 8.02. The summed E-state index contributed by atoms with van der Waals surface area (Å²) in [5.74, 6) is 0. The van der Waals surface area contributed by atoms with E-state index in [9.17, 15) is 5.11 Å². The minimum atomic E-state index is -0.743. The molecule has 0 amide bonds. The van der Waals surface area contributed by atoms with Gasteiger partial charge in [0.1, 0.15) is 21.5 Å². The second-order valence-corrected chi connectivity index (χ2v) is 7.27. The molecule has 0 aliphatic heterocycles. The van der Waals surface area contributed by atoms with Gasteiger partial charge in [-0.25, -0.2) is 4.68 Å². The predicted molar refractivity (Wildman–Crippen MR) is 114 cm³/mol. The first-order valence-corrected chi connectivity index (χ1v) is 9.77. The van der Waals surface area contributed by atoms with Crippen molar-refractivity contribution in [2.75, 3.05) is 0 Å². The molecule has 2 unspecified atom stereocenters. The number of benzene rings is 3. The van der Waals surface area contributed by atoms with Gasteiger partial charge in [-0.2, -0.15) is 0 Å². The van der Waals surface area contributed by atoms with E-state index in [1.165, 1.54) is 0 Å². The smallest absolute Gasteiger partial charge is 0.128 e. The Bertz CT molecular complexity index is 1000. The zero-order valence-corrected chi connectivity index (χ0v) is 16.6. The summed E-state index contributed by atoms with van der Waals surface area (Å²) >= 11 is 2.26. The van der Waals surface area contributed by atoms with Crippen molar-refractivity contribution in [3.05, 3.63) is 106 Å². The summed E-state index contributed by atoms with van der Waals surface area (Å²) in [6.45, 7) is 0. The van der Waals surface area contributed by atoms with Crippen LogP contribution in [0, 0.1) is 3.70 Å². The maximum Gasteiger partial charge on any atom is 0.128 e. The molecule has 27 heavy (non-hydrogen) atoms. The molecule has 1 aromatic heterocycles. The van der Waals surface area contributed by atoms with E-state index in [0.29, 0.717) is 0 Å². The summed E-state index contributed by atoms with van der Waals surface area (Å²) in [6, 6.07) is 29.2. The number of aliphatic hydroxyl groups excluding tert-OH is 1. The maximum absolute atomic E-state index is 11.2. The fourth-order valence-electron chi connectivity index (χ4n) is 3.17. The van der Waals surface area contributed by atoms with Crippen LogP contribution in [-0.4, -0.2) is 20.1 Å². The Hall–Kier alpha value is -2.51. The summed E-state index contributed by atoms with van der Waals surface area (Å²) in [7, 11) is 0. The molecule has 0 fully saturated rings. The molecule has 134 valence electrons. The lowest BCUT2D eigenvalue weighted by molar-refractivity contribution is 0.123. The van der Waals surface area contributed by atoms with E-state index < -0.39 is 6.10 Å². The number of rotatable bonds is 5. The standard InChI is InChI=1S/C22H18IN3O/c23-22-19(16-10-4-1-5-11-16)24-25-26(22)20(17-12-6-2-7-13-17)21(27)18-14-8-3-9-15-18/h1-15,20-21,27H. The van der Waals surface area contributed by atoms with Gasteiger partial charge in [0.25, 0.3) is 0 Å². The van der Waals surface area contributed by atoms with Crippen molar-refractivity contribution < 1.29 is 5.11 Å². The third kappa shape index (κ3) is 3.65. The number of aliphatic hydroxyl groups is 1. The minimum absolute atomic E-state index is 0.370. The van der Waals surface area contributed by atoms with Crippen molar-refractivity contribution in [2.45, 2.75) is 12.1 Å². The van der Waals surface area contributed by atoms with Crippen LogP contribution in [0.5, 0.6) is 0 Å². The summed E-state index contributed by atoms with van der Waals surface area (Å²) < 4.78 is 2.71. The van der Waals surface area contributed by atoms with Gasteiger partial charge < -0.3 is 5.11 Å². The van der Waals surface area contributed by atoms with Crippen LogP contribution in [0.25, 0.3) is 11.3 Å². The van der Waals surface area contributed by atoms with Crippen LogP contribution in [0.3, 0.4) is 0 Å². The molecular weight excluding hydrogens is 449 g/mol. The third-order valence-corrected chi connectivity index (χ3v) is 5.53. The van der Waals surface area contributed by atoms with Gasteiger partial charge in [-0.3, -0.25) is 0 Å². The first-order chi connectivity index (χ1) is 13.3. The van der Waals surface area contributed by atoms with Crippen molar-refractivity contribution >= 4 is 22.6 Å². The zero-order chi connectivity index (χ0) is 18.6. The average Bonchev–Trinajstić information content (AvgIpc) is 3.11. The van der Waals surface area contributed by atoms with Gasteiger partial charge in [0.15, 0.2) is 0 Å². The molecule has 0 spiro atoms. The van der Waals surface area contributed by atoms with Gasteiger partial charge >= 0.3 is 0 Å². The Balaban J connectivity index is 1.82. The zero-order valence-electron chi connectivity index (χ0n) is 14.5. The van der Waals surface area contributed by atoms with Crippen LogP contribution in [0.4, 0.5) is 0 Å². The average molecular weight is 467 g/mol. The highest BCUT2D eigenvalue weighted by atomic mass is 127. The molecule has 4 rings (SSSR count). The minimum Gasteiger partial charge on any atom is -0.386 e. The van der Waals surface area contributed by atoms with Gasteiger partial charge in [-0.15, -0.1) is 5.10 Å². The van der Waals surface area contributed by atoms with Crippen molar-refractivity contribution in [1.82, 2.24) is 15.0 Å². The molecule has 0 bridgehead atoms. The highest BCUT2D eigenvalue weighted by Crippen LogP contribution is 2.35. The molecule has 0 aliphatic rings. The van der Waals surface area contributed by atoms with Crippen LogP contribution in [0.15, 0.2) is 91.0 Å². The lowest BCUT2D eigenvalue weighted by atomic mass is 9.96. The first-order valence-electron chi connectivity index (χ1n) is 8.70. The molecule has 0 saturated heterocycles. The molecule has 4 aromatic rings. The molecule has 1 heterocycles. The summed E-state index contributed by atoms with van der Waals surface area (Å²) in [5.41, 5.74) is 3.65. The van der Waals surface area contributed by atoms with Crippen LogP contribution >= 0.6 is 22.6 Å². The van der Waals surface area contributed by atoms with Crippen molar-refractivity contribution in [1.29, 1.82) is 0 Å². The Morgan fingerprint density at radius 3 is 1.85 bits per heavy atom. The largest absolute Gasteiger partial charge is 0.386 e. The second-order valence-electron chi connectivity index (χ2n) is 6.25. The topological polar surface area (TPSA) is 50.9 Å². The predicted octanol–water partition coefficient (Wildman–Crippen LogP) is 4.87. The number of hydrogen-bond donors (Lipinski definition) is 1. The number of nitrogens with zero attached hydrogens (tertiary/aromatic N) is 3. The van der Waals surface area contributed by atoms with Gasteiger partial charge in [0.05, 0.1) is 0 Å². The molecule has 2 atom stereocenters. The fraction of sp³-hybridized carbons (Fsp3) is 0.0909. The molecule has 0 radical (unpaired) electrons. The van der Waals surface area contributed by atoms with E-state index >= 15 is 0 Å². The fourth-order valence-corrected chi connectivity index (χ4v) is 3.99. The van der Waals surface area contributed by atoms with E-state index in [1.54, 1.807) is 0 Å². The van der Waals surface area contributed by atoms with Crippen molar-refractivity contribution in [3.8, 4) is 11.3 Å². The number of hydrogen-bond acceptors (Lipinski definition) is 3. The van der Waals surface area contributed by atoms with Crippen molar-refractivity contribution in [2.24, 2.45) is 0 Å². The van der Waals surface area contributed by atoms with E-state index in [1.807, 2.05) is 95.7 Å². The molecule has 1 N–H and O–H groups in total. The highest BCUT2D eigenvalue weighted by Gasteiger charge is 2.28. The molecule has 5 heteroatoms. The maximum atomic E-state index is 11.2. The van der Waals surface area contributed by atoms with Crippen LogP contribution in [-0.2, 0) is 0 Å². The molecule has 0 saturated carbocycles. The van der Waals surface area contributed by atoms with Crippen LogP contribution in [0.2, 0.25) is 0 Å². The van der Waals surface area contributed by atoms with Crippen LogP contribution in [0.1, 0.15) is 23.3 Å². The van der Waals surface area contributed by atoms with E-state index in [0.717, 1.165) is 26.1 Å². The normalized spacial score (nSPS) is 13.3. The van der Waals surface area contributed by atoms with Gasteiger partial charge in [0.2, 0.25) is 0 Å². The third-order valence-electron chi connectivity index (χ3n) is 4.53. The van der Waals surface area contributed by atoms with Gasteiger partial charge in [0, 0.05) is 5.56 Å².